The summed E-state index contributed by atoms with van der Waals surface area (Å²) in [5, 5.41) is 2.98. The van der Waals surface area contributed by atoms with Crippen molar-refractivity contribution in [1.82, 2.24) is 5.32 Å². The minimum Gasteiger partial charge on any atom is -0.349 e. The largest absolute Gasteiger partial charge is 0.349 e. The molecule has 0 bridgehead atoms. The van der Waals surface area contributed by atoms with E-state index >= 15 is 0 Å². The van der Waals surface area contributed by atoms with Crippen molar-refractivity contribution in [3.63, 3.8) is 0 Å². The molecule has 0 aliphatic heterocycles. The second-order valence-electron chi connectivity index (χ2n) is 4.75. The molecular weight excluding hydrogens is 237 g/mol. The Kier molecular flexibility index (Phi) is 3.72. The highest BCUT2D eigenvalue weighted by Crippen LogP contribution is 2.25. The minimum absolute atomic E-state index is 0.139. The number of halogens is 1. The van der Waals surface area contributed by atoms with E-state index in [2.05, 4.69) is 24.9 Å². The highest BCUT2D eigenvalue weighted by atomic mass is 32.1. The highest BCUT2D eigenvalue weighted by molar-refractivity contribution is 7.80. The number of amides is 1. The summed E-state index contributed by atoms with van der Waals surface area (Å²) in [6.07, 6.45) is 3.22. The summed E-state index contributed by atoms with van der Waals surface area (Å²) in [6, 6.07) is 4.48. The number of rotatable bonds is 2. The summed E-state index contributed by atoms with van der Waals surface area (Å²) < 4.78 is 13.0. The van der Waals surface area contributed by atoms with Gasteiger partial charge < -0.3 is 5.32 Å². The fourth-order valence-electron chi connectivity index (χ4n) is 2.26. The van der Waals surface area contributed by atoms with Crippen LogP contribution in [-0.2, 0) is 0 Å². The van der Waals surface area contributed by atoms with Gasteiger partial charge in [-0.2, -0.15) is 0 Å². The summed E-state index contributed by atoms with van der Waals surface area (Å²) in [5.74, 6) is 0.132. The monoisotopic (exact) mass is 253 g/mol. The predicted octanol–water partition coefficient (Wildman–Crippen LogP) is 3.03. The van der Waals surface area contributed by atoms with Crippen LogP contribution in [0.15, 0.2) is 23.1 Å². The Labute approximate surface area is 106 Å². The Morgan fingerprint density at radius 3 is 2.82 bits per heavy atom. The molecule has 2 atom stereocenters. The summed E-state index contributed by atoms with van der Waals surface area (Å²) in [6.45, 7) is 2.19. The summed E-state index contributed by atoms with van der Waals surface area (Å²) in [5.41, 5.74) is 0.468. The third-order valence-corrected chi connectivity index (χ3v) is 3.58. The molecule has 0 heterocycles. The molecule has 0 saturated heterocycles. The van der Waals surface area contributed by atoms with Gasteiger partial charge in [-0.05, 0) is 43.4 Å². The maximum absolute atomic E-state index is 13.0. The van der Waals surface area contributed by atoms with Crippen LogP contribution in [0.4, 0.5) is 4.39 Å². The zero-order chi connectivity index (χ0) is 12.4. The van der Waals surface area contributed by atoms with Crippen molar-refractivity contribution >= 4 is 18.5 Å². The summed E-state index contributed by atoms with van der Waals surface area (Å²) in [4.78, 5) is 12.1. The number of hydrogen-bond acceptors (Lipinski definition) is 2. The fourth-order valence-corrected chi connectivity index (χ4v) is 2.47. The summed E-state index contributed by atoms with van der Waals surface area (Å²) in [7, 11) is 0. The van der Waals surface area contributed by atoms with Gasteiger partial charge in [0, 0.05) is 16.5 Å². The third kappa shape index (κ3) is 3.00. The highest BCUT2D eigenvalue weighted by Gasteiger charge is 2.23. The standard InChI is InChI=1S/C13H16FNOS/c1-8-2-4-10(6-8)15-13(16)9-3-5-11(14)12(17)7-9/h3,5,7-8,10,17H,2,4,6H2,1H3,(H,15,16). The quantitative estimate of drug-likeness (QED) is 0.779. The Balaban J connectivity index is 2.02. The van der Waals surface area contributed by atoms with E-state index in [9.17, 15) is 9.18 Å². The molecule has 0 spiro atoms. The van der Waals surface area contributed by atoms with E-state index in [0.717, 1.165) is 19.3 Å². The van der Waals surface area contributed by atoms with Gasteiger partial charge in [0.1, 0.15) is 5.82 Å². The van der Waals surface area contributed by atoms with Crippen LogP contribution in [0.5, 0.6) is 0 Å². The molecule has 1 aliphatic carbocycles. The molecule has 0 radical (unpaired) electrons. The van der Waals surface area contributed by atoms with Gasteiger partial charge in [-0.1, -0.05) is 6.92 Å². The molecule has 1 saturated carbocycles. The Morgan fingerprint density at radius 1 is 1.47 bits per heavy atom. The van der Waals surface area contributed by atoms with E-state index in [1.807, 2.05) is 0 Å². The first kappa shape index (κ1) is 12.4. The van der Waals surface area contributed by atoms with Gasteiger partial charge in [-0.25, -0.2) is 4.39 Å². The molecule has 1 amide bonds. The van der Waals surface area contributed by atoms with Crippen LogP contribution < -0.4 is 5.32 Å². The van der Waals surface area contributed by atoms with Gasteiger partial charge in [-0.15, -0.1) is 12.6 Å². The topological polar surface area (TPSA) is 29.1 Å². The average molecular weight is 253 g/mol. The number of carbonyl (C=O) groups is 1. The lowest BCUT2D eigenvalue weighted by molar-refractivity contribution is 0.0937. The second-order valence-corrected chi connectivity index (χ2v) is 5.24. The normalized spacial score (nSPS) is 23.7. The van der Waals surface area contributed by atoms with Gasteiger partial charge in [0.2, 0.25) is 0 Å². The van der Waals surface area contributed by atoms with Gasteiger partial charge in [0.25, 0.3) is 5.91 Å². The Hall–Kier alpha value is -1.03. The van der Waals surface area contributed by atoms with Crippen LogP contribution in [0.2, 0.25) is 0 Å². The number of thiol groups is 1. The van der Waals surface area contributed by atoms with Gasteiger partial charge in [-0.3, -0.25) is 4.79 Å². The lowest BCUT2D eigenvalue weighted by atomic mass is 10.1. The van der Waals surface area contributed by atoms with E-state index < -0.39 is 5.82 Å². The predicted molar refractivity (Wildman–Crippen MR) is 67.9 cm³/mol. The fraction of sp³-hybridized carbons (Fsp3) is 0.462. The molecule has 1 aliphatic rings. The zero-order valence-electron chi connectivity index (χ0n) is 9.74. The first-order valence-electron chi connectivity index (χ1n) is 5.85. The Morgan fingerprint density at radius 2 is 2.24 bits per heavy atom. The second kappa shape index (κ2) is 5.08. The minimum atomic E-state index is -0.403. The molecule has 1 aromatic carbocycles. The van der Waals surface area contributed by atoms with Gasteiger partial charge >= 0.3 is 0 Å². The van der Waals surface area contributed by atoms with Crippen LogP contribution >= 0.6 is 12.6 Å². The lowest BCUT2D eigenvalue weighted by Crippen LogP contribution is -2.32. The van der Waals surface area contributed by atoms with Crippen LogP contribution in [-0.4, -0.2) is 11.9 Å². The number of nitrogens with one attached hydrogen (secondary N) is 1. The molecule has 1 aromatic rings. The lowest BCUT2D eigenvalue weighted by Gasteiger charge is -2.12. The molecule has 1 fully saturated rings. The van der Waals surface area contributed by atoms with Crippen LogP contribution in [0.25, 0.3) is 0 Å². The van der Waals surface area contributed by atoms with Crippen molar-refractivity contribution in [3.05, 3.63) is 29.6 Å². The zero-order valence-corrected chi connectivity index (χ0v) is 10.6. The molecule has 0 aromatic heterocycles. The van der Waals surface area contributed by atoms with Crippen molar-refractivity contribution in [3.8, 4) is 0 Å². The molecule has 2 nitrogen and oxygen atoms in total. The molecule has 2 unspecified atom stereocenters. The van der Waals surface area contributed by atoms with Crippen LogP contribution in [0, 0.1) is 11.7 Å². The molecule has 4 heteroatoms. The third-order valence-electron chi connectivity index (χ3n) is 3.24. The maximum atomic E-state index is 13.0. The SMILES string of the molecule is CC1CCC(NC(=O)c2ccc(F)c(S)c2)C1. The first-order chi connectivity index (χ1) is 8.06. The maximum Gasteiger partial charge on any atom is 0.251 e. The smallest absolute Gasteiger partial charge is 0.251 e. The number of benzene rings is 1. The molecule has 92 valence electrons. The van der Waals surface area contributed by atoms with Gasteiger partial charge in [0.15, 0.2) is 0 Å². The van der Waals surface area contributed by atoms with Crippen molar-refractivity contribution in [2.75, 3.05) is 0 Å². The van der Waals surface area contributed by atoms with Gasteiger partial charge in [0.05, 0.1) is 0 Å². The first-order valence-corrected chi connectivity index (χ1v) is 6.30. The van der Waals surface area contributed by atoms with E-state index in [1.165, 1.54) is 18.2 Å². The summed E-state index contributed by atoms with van der Waals surface area (Å²) >= 11 is 3.97. The van der Waals surface area contributed by atoms with E-state index in [4.69, 9.17) is 0 Å². The molecule has 2 rings (SSSR count). The van der Waals surface area contributed by atoms with Crippen LogP contribution in [0.1, 0.15) is 36.5 Å². The van der Waals surface area contributed by atoms with E-state index in [-0.39, 0.29) is 16.8 Å². The number of hydrogen-bond donors (Lipinski definition) is 2. The molecular formula is C13H16FNOS. The van der Waals surface area contributed by atoms with E-state index in [1.54, 1.807) is 0 Å². The van der Waals surface area contributed by atoms with Crippen molar-refractivity contribution in [1.29, 1.82) is 0 Å². The molecule has 1 N–H and O–H groups in total. The number of carbonyl (C=O) groups excluding carboxylic acids is 1. The van der Waals surface area contributed by atoms with Crippen molar-refractivity contribution in [2.24, 2.45) is 5.92 Å². The average Bonchev–Trinajstić information content (AvgIpc) is 2.68. The van der Waals surface area contributed by atoms with Crippen molar-refractivity contribution in [2.45, 2.75) is 37.1 Å². The Bertz CT molecular complexity index is 435. The molecule has 17 heavy (non-hydrogen) atoms. The van der Waals surface area contributed by atoms with Crippen molar-refractivity contribution < 1.29 is 9.18 Å². The van der Waals surface area contributed by atoms with Crippen LogP contribution in [0.3, 0.4) is 0 Å². The van der Waals surface area contributed by atoms with E-state index in [0.29, 0.717) is 11.5 Å².